The fourth-order valence-electron chi connectivity index (χ4n) is 3.21. The molecule has 0 aromatic heterocycles. The molecule has 2 unspecified atom stereocenters. The molecule has 2 aliphatic rings. The van der Waals surface area contributed by atoms with Crippen LogP contribution in [0.5, 0.6) is 0 Å². The van der Waals surface area contributed by atoms with Crippen molar-refractivity contribution in [3.05, 3.63) is 0 Å². The Bertz CT molecular complexity index is 332. The molecule has 0 saturated carbocycles. The first-order valence-corrected chi connectivity index (χ1v) is 8.07. The van der Waals surface area contributed by atoms with E-state index in [1.807, 2.05) is 0 Å². The van der Waals surface area contributed by atoms with Gasteiger partial charge in [0.25, 0.3) is 0 Å². The molecule has 0 bridgehead atoms. The summed E-state index contributed by atoms with van der Waals surface area (Å²) >= 11 is 0. The highest BCUT2D eigenvalue weighted by molar-refractivity contribution is 5.71. The topological polar surface area (TPSA) is 56.2 Å². The van der Waals surface area contributed by atoms with Gasteiger partial charge in [-0.1, -0.05) is 6.92 Å². The number of aliphatic carboxylic acids is 1. The molecule has 2 saturated heterocycles. The fourth-order valence-corrected chi connectivity index (χ4v) is 3.21. The summed E-state index contributed by atoms with van der Waals surface area (Å²) in [5, 5.41) is 9.32. The second-order valence-electron chi connectivity index (χ2n) is 6.23. The van der Waals surface area contributed by atoms with Crippen LogP contribution in [0.3, 0.4) is 0 Å². The van der Waals surface area contributed by atoms with E-state index in [1.165, 1.54) is 0 Å². The molecule has 2 rings (SSSR count). The van der Waals surface area contributed by atoms with Crippen LogP contribution in [-0.4, -0.2) is 97.9 Å². The minimum atomic E-state index is -0.724. The lowest BCUT2D eigenvalue weighted by Crippen LogP contribution is -2.50. The highest BCUT2D eigenvalue weighted by atomic mass is 16.5. The van der Waals surface area contributed by atoms with Crippen molar-refractivity contribution >= 4 is 5.97 Å². The van der Waals surface area contributed by atoms with Gasteiger partial charge < -0.3 is 14.7 Å². The standard InChI is InChI=1S/C15H29N3O3/c1-3-4-18(14-12-21-11-13(14)15(19)20)10-9-17-7-5-16(2)6-8-17/h13-14H,3-12H2,1-2H3,(H,19,20). The molecule has 6 nitrogen and oxygen atoms in total. The number of piperazine rings is 1. The van der Waals surface area contributed by atoms with E-state index in [0.29, 0.717) is 13.2 Å². The van der Waals surface area contributed by atoms with Crippen LogP contribution in [0.25, 0.3) is 0 Å². The van der Waals surface area contributed by atoms with Crippen molar-refractivity contribution in [1.29, 1.82) is 0 Å². The molecule has 21 heavy (non-hydrogen) atoms. The first-order valence-electron chi connectivity index (χ1n) is 8.07. The number of hydrogen-bond acceptors (Lipinski definition) is 5. The number of carbonyl (C=O) groups is 1. The lowest BCUT2D eigenvalue weighted by molar-refractivity contribution is -0.143. The Morgan fingerprint density at radius 2 is 1.95 bits per heavy atom. The number of nitrogens with zero attached hydrogens (tertiary/aromatic N) is 3. The molecule has 1 N–H and O–H groups in total. The van der Waals surface area contributed by atoms with Crippen molar-refractivity contribution in [1.82, 2.24) is 14.7 Å². The van der Waals surface area contributed by atoms with Crippen LogP contribution in [0.4, 0.5) is 0 Å². The maximum atomic E-state index is 11.3. The summed E-state index contributed by atoms with van der Waals surface area (Å²) in [5.74, 6) is -1.10. The van der Waals surface area contributed by atoms with Gasteiger partial charge in [0.1, 0.15) is 0 Å². The SMILES string of the molecule is CCCN(CCN1CCN(C)CC1)C1COCC1C(=O)O. The molecule has 2 heterocycles. The maximum Gasteiger partial charge on any atom is 0.310 e. The van der Waals surface area contributed by atoms with E-state index in [-0.39, 0.29) is 12.0 Å². The molecule has 0 aromatic carbocycles. The largest absolute Gasteiger partial charge is 0.481 e. The van der Waals surface area contributed by atoms with Crippen molar-refractivity contribution in [2.75, 3.05) is 66.1 Å². The van der Waals surface area contributed by atoms with Gasteiger partial charge in [0, 0.05) is 45.3 Å². The summed E-state index contributed by atoms with van der Waals surface area (Å²) in [7, 11) is 2.16. The van der Waals surface area contributed by atoms with E-state index in [2.05, 4.69) is 28.7 Å². The number of ether oxygens (including phenoxy) is 1. The second kappa shape index (κ2) is 8.08. The molecule has 6 heteroatoms. The Kier molecular flexibility index (Phi) is 6.41. The molecular weight excluding hydrogens is 270 g/mol. The van der Waals surface area contributed by atoms with Gasteiger partial charge in [-0.25, -0.2) is 0 Å². The van der Waals surface area contributed by atoms with Gasteiger partial charge in [-0.15, -0.1) is 0 Å². The summed E-state index contributed by atoms with van der Waals surface area (Å²) in [6, 6.07) is 0.0370. The smallest absolute Gasteiger partial charge is 0.310 e. The Balaban J connectivity index is 1.85. The molecule has 2 aliphatic heterocycles. The Labute approximate surface area is 127 Å². The van der Waals surface area contributed by atoms with Crippen LogP contribution in [-0.2, 0) is 9.53 Å². The third kappa shape index (κ3) is 4.64. The van der Waals surface area contributed by atoms with Crippen LogP contribution in [0.2, 0.25) is 0 Å². The number of likely N-dealkylation sites (N-methyl/N-ethyl adjacent to an activating group) is 1. The predicted octanol–water partition coefficient (Wildman–Crippen LogP) is 0.0454. The monoisotopic (exact) mass is 299 g/mol. The van der Waals surface area contributed by atoms with Crippen LogP contribution >= 0.6 is 0 Å². The summed E-state index contributed by atoms with van der Waals surface area (Å²) < 4.78 is 5.42. The van der Waals surface area contributed by atoms with Gasteiger partial charge in [0.05, 0.1) is 19.1 Å². The van der Waals surface area contributed by atoms with E-state index in [0.717, 1.165) is 52.2 Å². The molecule has 122 valence electrons. The van der Waals surface area contributed by atoms with Crippen LogP contribution < -0.4 is 0 Å². The number of rotatable bonds is 7. The van der Waals surface area contributed by atoms with Gasteiger partial charge in [-0.3, -0.25) is 14.6 Å². The summed E-state index contributed by atoms with van der Waals surface area (Å²) in [6.07, 6.45) is 1.05. The molecular formula is C15H29N3O3. The third-order valence-electron chi connectivity index (χ3n) is 4.65. The molecule has 0 spiro atoms. The number of carboxylic acids is 1. The zero-order chi connectivity index (χ0) is 15.2. The predicted molar refractivity (Wildman–Crippen MR) is 81.5 cm³/mol. The highest BCUT2D eigenvalue weighted by Gasteiger charge is 2.37. The number of hydrogen-bond donors (Lipinski definition) is 1. The van der Waals surface area contributed by atoms with Crippen molar-refractivity contribution in [3.8, 4) is 0 Å². The zero-order valence-electron chi connectivity index (χ0n) is 13.3. The summed E-state index contributed by atoms with van der Waals surface area (Å²) in [6.45, 7) is 10.4. The van der Waals surface area contributed by atoms with E-state index in [4.69, 9.17) is 4.74 Å². The highest BCUT2D eigenvalue weighted by Crippen LogP contribution is 2.20. The average Bonchev–Trinajstić information content (AvgIpc) is 2.94. The minimum absolute atomic E-state index is 0.0370. The summed E-state index contributed by atoms with van der Waals surface area (Å²) in [4.78, 5) is 18.5. The lowest BCUT2D eigenvalue weighted by atomic mass is 10.0. The van der Waals surface area contributed by atoms with Crippen molar-refractivity contribution in [2.24, 2.45) is 5.92 Å². The van der Waals surface area contributed by atoms with Gasteiger partial charge in [-0.2, -0.15) is 0 Å². The Morgan fingerprint density at radius 1 is 1.24 bits per heavy atom. The minimum Gasteiger partial charge on any atom is -0.481 e. The fraction of sp³-hybridized carbons (Fsp3) is 0.933. The van der Waals surface area contributed by atoms with Crippen molar-refractivity contribution < 1.29 is 14.6 Å². The van der Waals surface area contributed by atoms with E-state index in [1.54, 1.807) is 0 Å². The molecule has 2 atom stereocenters. The van der Waals surface area contributed by atoms with Gasteiger partial charge in [0.15, 0.2) is 0 Å². The van der Waals surface area contributed by atoms with Crippen LogP contribution in [0.1, 0.15) is 13.3 Å². The first kappa shape index (κ1) is 16.7. The van der Waals surface area contributed by atoms with Crippen molar-refractivity contribution in [3.63, 3.8) is 0 Å². The van der Waals surface area contributed by atoms with E-state index < -0.39 is 5.97 Å². The van der Waals surface area contributed by atoms with Gasteiger partial charge in [0.2, 0.25) is 0 Å². The van der Waals surface area contributed by atoms with Crippen LogP contribution in [0, 0.1) is 5.92 Å². The first-order chi connectivity index (χ1) is 10.1. The molecule has 0 radical (unpaired) electrons. The van der Waals surface area contributed by atoms with E-state index in [9.17, 15) is 9.90 Å². The third-order valence-corrected chi connectivity index (χ3v) is 4.65. The van der Waals surface area contributed by atoms with Gasteiger partial charge in [-0.05, 0) is 20.0 Å². The number of carboxylic acid groups (broad SMARTS) is 1. The van der Waals surface area contributed by atoms with Crippen molar-refractivity contribution in [2.45, 2.75) is 19.4 Å². The molecule has 0 aliphatic carbocycles. The maximum absolute atomic E-state index is 11.3. The quantitative estimate of drug-likeness (QED) is 0.717. The van der Waals surface area contributed by atoms with E-state index >= 15 is 0 Å². The average molecular weight is 299 g/mol. The normalized spacial score (nSPS) is 28.3. The zero-order valence-corrected chi connectivity index (χ0v) is 13.3. The lowest BCUT2D eigenvalue weighted by Gasteiger charge is -2.36. The second-order valence-corrected chi connectivity index (χ2v) is 6.23. The molecule has 0 amide bonds. The summed E-state index contributed by atoms with van der Waals surface area (Å²) in [5.41, 5.74) is 0. The van der Waals surface area contributed by atoms with Crippen LogP contribution in [0.15, 0.2) is 0 Å². The Hall–Kier alpha value is -0.690. The van der Waals surface area contributed by atoms with Gasteiger partial charge >= 0.3 is 5.97 Å². The Morgan fingerprint density at radius 3 is 2.57 bits per heavy atom. The molecule has 2 fully saturated rings. The molecule has 0 aromatic rings.